The van der Waals surface area contributed by atoms with Crippen molar-refractivity contribution in [3.63, 3.8) is 0 Å². The molecule has 0 aromatic carbocycles. The molecule has 0 aromatic heterocycles. The molecule has 0 aromatic rings. The maximum Gasteiger partial charge on any atom is 0.225 e. The smallest absolute Gasteiger partial charge is 0.225 e. The van der Waals surface area contributed by atoms with E-state index in [2.05, 4.69) is 4.90 Å². The molecule has 0 aliphatic heterocycles. The number of nitrogens with zero attached hydrogens (tertiary/aromatic N) is 1. The maximum absolute atomic E-state index is 12.8. The Morgan fingerprint density at radius 1 is 0.833 bits per heavy atom. The maximum atomic E-state index is 12.8. The molecule has 1 amide bonds. The molecule has 0 radical (unpaired) electrons. The van der Waals surface area contributed by atoms with Gasteiger partial charge in [-0.1, -0.05) is 32.1 Å². The molecular weight excluding hydrogens is 298 g/mol. The first kappa shape index (κ1) is 18.2. The lowest BCUT2D eigenvalue weighted by Crippen LogP contribution is -2.44. The number of amides is 1. The predicted octanol–water partition coefficient (Wildman–Crippen LogP) is 4.38. The number of rotatable bonds is 4. The van der Waals surface area contributed by atoms with Crippen LogP contribution >= 0.6 is 0 Å². The van der Waals surface area contributed by atoms with Gasteiger partial charge in [-0.25, -0.2) is 0 Å². The fraction of sp³-hybridized carbons (Fsp3) is 0.952. The molecule has 3 aliphatic rings. The molecule has 3 rings (SSSR count). The Bertz CT molecular complexity index is 389. The fourth-order valence-corrected chi connectivity index (χ4v) is 5.63. The second-order valence-electron chi connectivity index (χ2n) is 8.82. The molecule has 3 fully saturated rings. The molecule has 24 heavy (non-hydrogen) atoms. The summed E-state index contributed by atoms with van der Waals surface area (Å²) in [6, 6.07) is 0.480. The zero-order chi connectivity index (χ0) is 16.9. The summed E-state index contributed by atoms with van der Waals surface area (Å²) in [6.45, 7) is 0.294. The zero-order valence-corrected chi connectivity index (χ0v) is 15.6. The second-order valence-corrected chi connectivity index (χ2v) is 8.82. The standard InChI is InChI=1S/C21H37NO2/c1-22(21(24)19-9-7-16(15-23)8-10-19)20-13-11-18(12-14-20)17-5-3-2-4-6-17/h16-20,23H,2-15H2,1H3. The molecule has 0 spiro atoms. The van der Waals surface area contributed by atoms with Crippen molar-refractivity contribution in [3.8, 4) is 0 Å². The van der Waals surface area contributed by atoms with Gasteiger partial charge in [0.25, 0.3) is 0 Å². The third-order valence-corrected chi connectivity index (χ3v) is 7.41. The molecule has 0 bridgehead atoms. The number of aliphatic hydroxyl groups excluding tert-OH is 1. The van der Waals surface area contributed by atoms with Gasteiger partial charge in [-0.2, -0.15) is 0 Å². The summed E-state index contributed by atoms with van der Waals surface area (Å²) < 4.78 is 0. The van der Waals surface area contributed by atoms with Crippen LogP contribution in [0.1, 0.15) is 83.5 Å². The Labute approximate surface area is 148 Å². The van der Waals surface area contributed by atoms with Crippen molar-refractivity contribution < 1.29 is 9.90 Å². The van der Waals surface area contributed by atoms with E-state index in [1.54, 1.807) is 0 Å². The van der Waals surface area contributed by atoms with Crippen LogP contribution < -0.4 is 0 Å². The highest BCUT2D eigenvalue weighted by Gasteiger charge is 2.34. The van der Waals surface area contributed by atoms with Crippen molar-refractivity contribution >= 4 is 5.91 Å². The largest absolute Gasteiger partial charge is 0.396 e. The van der Waals surface area contributed by atoms with Crippen LogP contribution in [0, 0.1) is 23.7 Å². The van der Waals surface area contributed by atoms with Crippen molar-refractivity contribution in [1.29, 1.82) is 0 Å². The van der Waals surface area contributed by atoms with E-state index in [0.29, 0.717) is 24.5 Å². The van der Waals surface area contributed by atoms with Crippen LogP contribution in [0.5, 0.6) is 0 Å². The molecule has 1 N–H and O–H groups in total. The van der Waals surface area contributed by atoms with E-state index >= 15 is 0 Å². The molecule has 3 nitrogen and oxygen atoms in total. The Morgan fingerprint density at radius 3 is 2.00 bits per heavy atom. The monoisotopic (exact) mass is 335 g/mol. The molecular formula is C21H37NO2. The summed E-state index contributed by atoms with van der Waals surface area (Å²) in [4.78, 5) is 14.9. The number of hydrogen-bond acceptors (Lipinski definition) is 2. The van der Waals surface area contributed by atoms with Gasteiger partial charge in [-0.3, -0.25) is 4.79 Å². The molecule has 3 saturated carbocycles. The quantitative estimate of drug-likeness (QED) is 0.828. The van der Waals surface area contributed by atoms with Crippen molar-refractivity contribution in [2.24, 2.45) is 23.7 Å². The molecule has 0 saturated heterocycles. The van der Waals surface area contributed by atoms with E-state index in [9.17, 15) is 9.90 Å². The van der Waals surface area contributed by atoms with Gasteiger partial charge in [-0.05, 0) is 69.1 Å². The number of carbonyl (C=O) groups excluding carboxylic acids is 1. The van der Waals surface area contributed by atoms with E-state index in [0.717, 1.165) is 37.5 Å². The summed E-state index contributed by atoms with van der Waals surface area (Å²) in [7, 11) is 2.05. The summed E-state index contributed by atoms with van der Waals surface area (Å²) in [5.41, 5.74) is 0. The van der Waals surface area contributed by atoms with Crippen LogP contribution in [-0.4, -0.2) is 35.6 Å². The van der Waals surface area contributed by atoms with Crippen LogP contribution in [-0.2, 0) is 4.79 Å². The Kier molecular flexibility index (Phi) is 6.60. The molecule has 0 atom stereocenters. The van der Waals surface area contributed by atoms with E-state index in [4.69, 9.17) is 0 Å². The molecule has 0 heterocycles. The molecule has 3 aliphatic carbocycles. The van der Waals surface area contributed by atoms with Gasteiger partial charge in [0.05, 0.1) is 0 Å². The van der Waals surface area contributed by atoms with Crippen molar-refractivity contribution in [3.05, 3.63) is 0 Å². The van der Waals surface area contributed by atoms with Gasteiger partial charge in [0.15, 0.2) is 0 Å². The molecule has 138 valence electrons. The summed E-state index contributed by atoms with van der Waals surface area (Å²) >= 11 is 0. The fourth-order valence-electron chi connectivity index (χ4n) is 5.63. The van der Waals surface area contributed by atoms with Crippen LogP contribution in [0.15, 0.2) is 0 Å². The van der Waals surface area contributed by atoms with Crippen molar-refractivity contribution in [2.45, 2.75) is 89.5 Å². The van der Waals surface area contributed by atoms with Crippen molar-refractivity contribution in [2.75, 3.05) is 13.7 Å². The van der Waals surface area contributed by atoms with Gasteiger partial charge < -0.3 is 10.0 Å². The minimum absolute atomic E-state index is 0.217. The normalized spacial score (nSPS) is 35.6. The average Bonchev–Trinajstić information content (AvgIpc) is 2.68. The highest BCUT2D eigenvalue weighted by atomic mass is 16.3. The highest BCUT2D eigenvalue weighted by molar-refractivity contribution is 5.79. The van der Waals surface area contributed by atoms with E-state index in [1.807, 2.05) is 7.05 Å². The van der Waals surface area contributed by atoms with E-state index in [1.165, 1.54) is 57.8 Å². The minimum atomic E-state index is 0.217. The number of hydrogen-bond donors (Lipinski definition) is 1. The van der Waals surface area contributed by atoms with Gasteiger partial charge in [0.1, 0.15) is 0 Å². The van der Waals surface area contributed by atoms with Crippen LogP contribution in [0.2, 0.25) is 0 Å². The van der Waals surface area contributed by atoms with Gasteiger partial charge in [-0.15, -0.1) is 0 Å². The average molecular weight is 336 g/mol. The van der Waals surface area contributed by atoms with Gasteiger partial charge in [0, 0.05) is 25.6 Å². The van der Waals surface area contributed by atoms with E-state index in [-0.39, 0.29) is 5.92 Å². The second kappa shape index (κ2) is 8.69. The van der Waals surface area contributed by atoms with E-state index < -0.39 is 0 Å². The first-order valence-corrected chi connectivity index (χ1v) is 10.6. The van der Waals surface area contributed by atoms with Gasteiger partial charge >= 0.3 is 0 Å². The first-order valence-electron chi connectivity index (χ1n) is 10.6. The summed E-state index contributed by atoms with van der Waals surface area (Å²) in [5, 5.41) is 9.27. The molecule has 0 unspecified atom stereocenters. The predicted molar refractivity (Wildman–Crippen MR) is 97.6 cm³/mol. The molecule has 3 heteroatoms. The lowest BCUT2D eigenvalue weighted by molar-refractivity contribution is -0.138. The lowest BCUT2D eigenvalue weighted by Gasteiger charge is -2.40. The number of aliphatic hydroxyl groups is 1. The van der Waals surface area contributed by atoms with Crippen LogP contribution in [0.4, 0.5) is 0 Å². The highest BCUT2D eigenvalue weighted by Crippen LogP contribution is 2.39. The van der Waals surface area contributed by atoms with Crippen molar-refractivity contribution in [1.82, 2.24) is 4.90 Å². The zero-order valence-electron chi connectivity index (χ0n) is 15.6. The topological polar surface area (TPSA) is 40.5 Å². The van der Waals surface area contributed by atoms with Crippen LogP contribution in [0.25, 0.3) is 0 Å². The minimum Gasteiger partial charge on any atom is -0.396 e. The lowest BCUT2D eigenvalue weighted by atomic mass is 9.72. The SMILES string of the molecule is CN(C(=O)C1CCC(CO)CC1)C1CCC(C2CCCCC2)CC1. The van der Waals surface area contributed by atoms with Crippen LogP contribution in [0.3, 0.4) is 0 Å². The first-order chi connectivity index (χ1) is 11.7. The Balaban J connectivity index is 1.44. The third kappa shape index (κ3) is 4.33. The third-order valence-electron chi connectivity index (χ3n) is 7.41. The number of carbonyl (C=O) groups is 1. The Morgan fingerprint density at radius 2 is 1.42 bits per heavy atom. The Hall–Kier alpha value is -0.570. The van der Waals surface area contributed by atoms with Gasteiger partial charge in [0.2, 0.25) is 5.91 Å². The summed E-state index contributed by atoms with van der Waals surface area (Å²) in [6.07, 6.45) is 16.4. The summed E-state index contributed by atoms with van der Waals surface area (Å²) in [5.74, 6) is 2.95.